The lowest BCUT2D eigenvalue weighted by Gasteiger charge is -2.26. The molecule has 4 rings (SSSR count). The first-order valence-corrected chi connectivity index (χ1v) is 10.9. The number of rotatable bonds is 6. The molecule has 0 aliphatic carbocycles. The predicted octanol–water partition coefficient (Wildman–Crippen LogP) is 3.71. The Hall–Kier alpha value is -3.14. The van der Waals surface area contributed by atoms with Gasteiger partial charge in [-0.2, -0.15) is 0 Å². The van der Waals surface area contributed by atoms with Gasteiger partial charge in [-0.1, -0.05) is 12.1 Å². The summed E-state index contributed by atoms with van der Waals surface area (Å²) >= 11 is 1.17. The predicted molar refractivity (Wildman–Crippen MR) is 121 cm³/mol. The highest BCUT2D eigenvalue weighted by Gasteiger charge is 2.22. The topological polar surface area (TPSA) is 80.8 Å². The molecule has 0 saturated carbocycles. The number of methoxy groups -OCH3 is 1. The van der Waals surface area contributed by atoms with Crippen molar-refractivity contribution in [3.63, 3.8) is 0 Å². The number of morpholine rings is 1. The van der Waals surface area contributed by atoms with Crippen molar-refractivity contribution in [1.29, 1.82) is 0 Å². The van der Waals surface area contributed by atoms with E-state index in [2.05, 4.69) is 10.2 Å². The molecular formula is C23H22FN3O4S. The van der Waals surface area contributed by atoms with E-state index in [9.17, 15) is 14.0 Å². The van der Waals surface area contributed by atoms with Crippen LogP contribution >= 0.6 is 11.3 Å². The van der Waals surface area contributed by atoms with Crippen LogP contribution in [0.5, 0.6) is 0 Å². The average molecular weight is 456 g/mol. The number of nitrogens with zero attached hydrogens (tertiary/aromatic N) is 2. The molecule has 1 saturated heterocycles. The second-order valence-corrected chi connectivity index (χ2v) is 8.22. The summed E-state index contributed by atoms with van der Waals surface area (Å²) in [5.41, 5.74) is 1.79. The van der Waals surface area contributed by atoms with Crippen molar-refractivity contribution in [3.8, 4) is 0 Å². The maximum atomic E-state index is 13.3. The van der Waals surface area contributed by atoms with Crippen LogP contribution in [0.15, 0.2) is 42.5 Å². The van der Waals surface area contributed by atoms with Crippen molar-refractivity contribution in [1.82, 2.24) is 9.88 Å². The number of hydrogen-bond acceptors (Lipinski definition) is 7. The zero-order valence-electron chi connectivity index (χ0n) is 17.5. The van der Waals surface area contributed by atoms with Gasteiger partial charge in [-0.15, -0.1) is 11.3 Å². The van der Waals surface area contributed by atoms with E-state index >= 15 is 0 Å². The number of halogens is 1. The van der Waals surface area contributed by atoms with E-state index in [4.69, 9.17) is 14.5 Å². The molecule has 1 aliphatic heterocycles. The maximum absolute atomic E-state index is 13.3. The van der Waals surface area contributed by atoms with Crippen molar-refractivity contribution in [3.05, 3.63) is 64.4 Å². The molecule has 32 heavy (non-hydrogen) atoms. The molecule has 166 valence electrons. The largest absolute Gasteiger partial charge is 0.465 e. The molecule has 0 bridgehead atoms. The first-order chi connectivity index (χ1) is 15.5. The number of anilines is 1. The van der Waals surface area contributed by atoms with Gasteiger partial charge in [-0.05, 0) is 35.9 Å². The fraction of sp³-hybridized carbons (Fsp3) is 0.261. The lowest BCUT2D eigenvalue weighted by molar-refractivity contribution is -0.111. The lowest BCUT2D eigenvalue weighted by Crippen LogP contribution is -2.35. The minimum Gasteiger partial charge on any atom is -0.465 e. The minimum atomic E-state index is -0.549. The molecule has 9 heteroatoms. The smallest absolute Gasteiger partial charge is 0.350 e. The van der Waals surface area contributed by atoms with E-state index in [0.29, 0.717) is 41.2 Å². The first-order valence-electron chi connectivity index (χ1n) is 10.1. The molecule has 0 atom stereocenters. The van der Waals surface area contributed by atoms with Crippen molar-refractivity contribution in [2.75, 3.05) is 38.7 Å². The Bertz CT molecular complexity index is 1170. The van der Waals surface area contributed by atoms with Crippen molar-refractivity contribution >= 4 is 45.2 Å². The number of pyridine rings is 1. The SMILES string of the molecule is COC(=O)c1sc2nc(CN3CCOCC3)ccc2c1NC(=O)C=Cc1cccc(F)c1. The van der Waals surface area contributed by atoms with Crippen LogP contribution in [0.2, 0.25) is 0 Å². The first kappa shape index (κ1) is 22.1. The molecule has 7 nitrogen and oxygen atoms in total. The molecule has 2 aromatic heterocycles. The van der Waals surface area contributed by atoms with Gasteiger partial charge in [0.15, 0.2) is 0 Å². The van der Waals surface area contributed by atoms with Crippen molar-refractivity contribution in [2.45, 2.75) is 6.54 Å². The quantitative estimate of drug-likeness (QED) is 0.451. The number of amides is 1. The third kappa shape index (κ3) is 5.18. The number of thiophene rings is 1. The van der Waals surface area contributed by atoms with E-state index in [1.807, 2.05) is 12.1 Å². The van der Waals surface area contributed by atoms with Gasteiger partial charge in [0.25, 0.3) is 0 Å². The van der Waals surface area contributed by atoms with Crippen LogP contribution in [0.3, 0.4) is 0 Å². The highest BCUT2D eigenvalue weighted by molar-refractivity contribution is 7.21. The second kappa shape index (κ2) is 9.99. The van der Waals surface area contributed by atoms with Crippen LogP contribution in [0.1, 0.15) is 20.9 Å². The van der Waals surface area contributed by atoms with Gasteiger partial charge in [0.05, 0.1) is 31.7 Å². The Morgan fingerprint density at radius 1 is 1.28 bits per heavy atom. The van der Waals surface area contributed by atoms with E-state index in [-0.39, 0.29) is 10.7 Å². The Morgan fingerprint density at radius 3 is 2.84 bits per heavy atom. The number of hydrogen-bond donors (Lipinski definition) is 1. The number of benzene rings is 1. The molecule has 1 amide bonds. The molecule has 1 fully saturated rings. The van der Waals surface area contributed by atoms with Gasteiger partial charge >= 0.3 is 5.97 Å². The van der Waals surface area contributed by atoms with Crippen LogP contribution in [-0.4, -0.2) is 55.2 Å². The summed E-state index contributed by atoms with van der Waals surface area (Å²) in [5.74, 6) is -1.38. The van der Waals surface area contributed by atoms with Crippen LogP contribution < -0.4 is 5.32 Å². The van der Waals surface area contributed by atoms with Gasteiger partial charge in [0.1, 0.15) is 15.5 Å². The average Bonchev–Trinajstić information content (AvgIpc) is 3.15. The summed E-state index contributed by atoms with van der Waals surface area (Å²) in [6.45, 7) is 3.77. The van der Waals surface area contributed by atoms with Gasteiger partial charge in [0.2, 0.25) is 5.91 Å². The summed E-state index contributed by atoms with van der Waals surface area (Å²) in [6.07, 6.45) is 2.79. The fourth-order valence-electron chi connectivity index (χ4n) is 3.40. The molecule has 3 heterocycles. The summed E-state index contributed by atoms with van der Waals surface area (Å²) < 4.78 is 23.6. The molecule has 1 aliphatic rings. The summed E-state index contributed by atoms with van der Waals surface area (Å²) in [5, 5.41) is 3.42. The number of fused-ring (bicyclic) bond motifs is 1. The molecule has 0 spiro atoms. The van der Waals surface area contributed by atoms with Crippen LogP contribution in [0, 0.1) is 5.82 Å². The number of carbonyl (C=O) groups excluding carboxylic acids is 2. The highest BCUT2D eigenvalue weighted by atomic mass is 32.1. The van der Waals surface area contributed by atoms with E-state index in [0.717, 1.165) is 18.8 Å². The van der Waals surface area contributed by atoms with Gasteiger partial charge in [-0.25, -0.2) is 14.2 Å². The Morgan fingerprint density at radius 2 is 2.09 bits per heavy atom. The third-order valence-corrected chi connectivity index (χ3v) is 6.08. The highest BCUT2D eigenvalue weighted by Crippen LogP contribution is 2.35. The van der Waals surface area contributed by atoms with Crippen LogP contribution in [0.25, 0.3) is 16.3 Å². The summed E-state index contributed by atoms with van der Waals surface area (Å²) in [7, 11) is 1.29. The Labute approximate surface area is 188 Å². The molecule has 0 unspecified atom stereocenters. The van der Waals surface area contributed by atoms with E-state index in [1.165, 1.54) is 42.7 Å². The number of aromatic nitrogens is 1. The minimum absolute atomic E-state index is 0.269. The Kier molecular flexibility index (Phi) is 6.89. The van der Waals surface area contributed by atoms with Crippen molar-refractivity contribution in [2.24, 2.45) is 0 Å². The normalized spacial score (nSPS) is 14.7. The molecule has 0 radical (unpaired) electrons. The van der Waals surface area contributed by atoms with E-state index < -0.39 is 11.9 Å². The summed E-state index contributed by atoms with van der Waals surface area (Å²) in [4.78, 5) is 32.7. The van der Waals surface area contributed by atoms with Gasteiger partial charge in [-0.3, -0.25) is 9.69 Å². The molecular weight excluding hydrogens is 433 g/mol. The monoisotopic (exact) mass is 455 g/mol. The molecule has 1 aromatic carbocycles. The van der Waals surface area contributed by atoms with Crippen molar-refractivity contribution < 1.29 is 23.5 Å². The van der Waals surface area contributed by atoms with Gasteiger partial charge < -0.3 is 14.8 Å². The summed E-state index contributed by atoms with van der Waals surface area (Å²) in [6, 6.07) is 9.65. The van der Waals surface area contributed by atoms with Gasteiger partial charge in [0, 0.05) is 31.1 Å². The van der Waals surface area contributed by atoms with E-state index in [1.54, 1.807) is 12.1 Å². The lowest BCUT2D eigenvalue weighted by atomic mass is 10.2. The number of ether oxygens (including phenoxy) is 2. The zero-order chi connectivity index (χ0) is 22.5. The standard InChI is InChI=1S/C23H22FN3O4S/c1-30-23(29)21-20(26-19(28)8-5-15-3-2-4-16(24)13-15)18-7-6-17(25-22(18)32-21)14-27-9-11-31-12-10-27/h2-8,13H,9-12,14H2,1H3,(H,26,28). The Balaban J connectivity index is 1.58. The van der Waals surface area contributed by atoms with Crippen LogP contribution in [0.4, 0.5) is 10.1 Å². The number of nitrogens with one attached hydrogen (secondary N) is 1. The van der Waals surface area contributed by atoms with Crippen LogP contribution in [-0.2, 0) is 20.8 Å². The second-order valence-electron chi connectivity index (χ2n) is 7.22. The molecule has 1 N–H and O–H groups in total. The number of esters is 1. The third-order valence-electron chi connectivity index (χ3n) is 5.00. The fourth-order valence-corrected chi connectivity index (χ4v) is 4.47. The molecule has 3 aromatic rings. The maximum Gasteiger partial charge on any atom is 0.350 e. The number of carbonyl (C=O) groups is 2. The zero-order valence-corrected chi connectivity index (χ0v) is 18.3.